The van der Waals surface area contributed by atoms with Crippen LogP contribution in [0.1, 0.15) is 52.9 Å². The summed E-state index contributed by atoms with van der Waals surface area (Å²) in [4.78, 5) is 28.3. The smallest absolute Gasteiger partial charge is 0.220 e. The summed E-state index contributed by atoms with van der Waals surface area (Å²) in [6.07, 6.45) is 3.81. The van der Waals surface area contributed by atoms with Gasteiger partial charge >= 0.3 is 0 Å². The van der Waals surface area contributed by atoms with Gasteiger partial charge in [0.05, 0.1) is 6.04 Å². The van der Waals surface area contributed by atoms with Crippen LogP contribution in [0, 0.1) is 13.8 Å². The molecule has 0 aliphatic rings. The Labute approximate surface area is 137 Å². The van der Waals surface area contributed by atoms with Crippen molar-refractivity contribution in [3.8, 4) is 0 Å². The number of aromatic nitrogens is 1. The molecule has 0 aliphatic carbocycles. The van der Waals surface area contributed by atoms with Gasteiger partial charge < -0.3 is 5.32 Å². The fraction of sp³-hybridized carbons (Fsp3) is 0.316. The number of Topliss-reactive ketones (excluding diaryl/α,β-unsaturated/α-hetero) is 1. The van der Waals surface area contributed by atoms with Gasteiger partial charge in [-0.15, -0.1) is 0 Å². The summed E-state index contributed by atoms with van der Waals surface area (Å²) in [6, 6.07) is 9.44. The molecule has 1 aromatic heterocycles. The van der Waals surface area contributed by atoms with Crippen LogP contribution in [0.3, 0.4) is 0 Å². The van der Waals surface area contributed by atoms with Crippen LogP contribution in [-0.2, 0) is 4.79 Å². The molecule has 23 heavy (non-hydrogen) atoms. The third kappa shape index (κ3) is 4.74. The Kier molecular flexibility index (Phi) is 5.63. The molecular formula is C19H22N2O2. The van der Waals surface area contributed by atoms with Crippen molar-refractivity contribution in [2.75, 3.05) is 0 Å². The maximum Gasteiger partial charge on any atom is 0.220 e. The van der Waals surface area contributed by atoms with Gasteiger partial charge in [-0.1, -0.05) is 17.7 Å². The van der Waals surface area contributed by atoms with Gasteiger partial charge in [0.2, 0.25) is 5.91 Å². The molecule has 4 nitrogen and oxygen atoms in total. The average Bonchev–Trinajstić information content (AvgIpc) is 2.55. The standard InChI is InChI=1S/C19H22N2O2/c1-13-4-5-14(2)17(12-13)18(22)6-7-19(23)21-15(3)16-8-10-20-11-9-16/h4-5,8-12,15H,6-7H2,1-3H3,(H,21,23). The summed E-state index contributed by atoms with van der Waals surface area (Å²) in [7, 11) is 0. The Bertz CT molecular complexity index is 696. The number of nitrogens with one attached hydrogen (secondary N) is 1. The van der Waals surface area contributed by atoms with E-state index in [9.17, 15) is 9.59 Å². The van der Waals surface area contributed by atoms with Gasteiger partial charge in [0, 0.05) is 30.8 Å². The molecule has 2 rings (SSSR count). The first kappa shape index (κ1) is 16.9. The van der Waals surface area contributed by atoms with E-state index in [4.69, 9.17) is 0 Å². The molecule has 0 bridgehead atoms. The molecule has 1 unspecified atom stereocenters. The number of benzene rings is 1. The highest BCUT2D eigenvalue weighted by atomic mass is 16.2. The molecule has 0 spiro atoms. The van der Waals surface area contributed by atoms with Gasteiger partial charge in [0.1, 0.15) is 0 Å². The highest BCUT2D eigenvalue weighted by Crippen LogP contribution is 2.15. The molecule has 1 N–H and O–H groups in total. The maximum atomic E-state index is 12.3. The third-order valence-corrected chi connectivity index (χ3v) is 3.86. The van der Waals surface area contributed by atoms with Crippen LogP contribution in [0.15, 0.2) is 42.7 Å². The fourth-order valence-electron chi connectivity index (χ4n) is 2.45. The minimum absolute atomic E-state index is 0.0120. The Hall–Kier alpha value is -2.49. The van der Waals surface area contributed by atoms with Crippen molar-refractivity contribution in [1.29, 1.82) is 0 Å². The number of carbonyl (C=O) groups excluding carboxylic acids is 2. The molecule has 0 saturated carbocycles. The third-order valence-electron chi connectivity index (χ3n) is 3.86. The minimum Gasteiger partial charge on any atom is -0.350 e. The molecule has 0 saturated heterocycles. The van der Waals surface area contributed by atoms with Crippen molar-refractivity contribution >= 4 is 11.7 Å². The van der Waals surface area contributed by atoms with Crippen molar-refractivity contribution in [3.63, 3.8) is 0 Å². The number of nitrogens with zero attached hydrogens (tertiary/aromatic N) is 1. The van der Waals surface area contributed by atoms with E-state index >= 15 is 0 Å². The lowest BCUT2D eigenvalue weighted by atomic mass is 9.99. The van der Waals surface area contributed by atoms with Gasteiger partial charge in [-0.05, 0) is 50.1 Å². The largest absolute Gasteiger partial charge is 0.350 e. The first-order valence-electron chi connectivity index (χ1n) is 7.77. The fourth-order valence-corrected chi connectivity index (χ4v) is 2.45. The predicted molar refractivity (Wildman–Crippen MR) is 90.3 cm³/mol. The van der Waals surface area contributed by atoms with Crippen LogP contribution in [0.5, 0.6) is 0 Å². The van der Waals surface area contributed by atoms with E-state index in [1.54, 1.807) is 12.4 Å². The van der Waals surface area contributed by atoms with E-state index in [2.05, 4.69) is 10.3 Å². The first-order valence-corrected chi connectivity index (χ1v) is 7.77. The van der Waals surface area contributed by atoms with E-state index in [1.165, 1.54) is 0 Å². The van der Waals surface area contributed by atoms with Crippen LogP contribution in [0.4, 0.5) is 0 Å². The summed E-state index contributed by atoms with van der Waals surface area (Å²) in [5.74, 6) is -0.106. The number of pyridine rings is 1. The Morgan fingerprint density at radius 2 is 1.78 bits per heavy atom. The van der Waals surface area contributed by atoms with Crippen LogP contribution >= 0.6 is 0 Å². The second-order valence-corrected chi connectivity index (χ2v) is 5.81. The molecule has 2 aromatic rings. The highest BCUT2D eigenvalue weighted by Gasteiger charge is 2.14. The molecule has 4 heteroatoms. The number of hydrogen-bond acceptors (Lipinski definition) is 3. The lowest BCUT2D eigenvalue weighted by Crippen LogP contribution is -2.27. The van der Waals surface area contributed by atoms with E-state index in [0.717, 1.165) is 16.7 Å². The number of aryl methyl sites for hydroxylation is 2. The molecule has 0 aliphatic heterocycles. The van der Waals surface area contributed by atoms with Gasteiger partial charge in [-0.3, -0.25) is 14.6 Å². The molecule has 1 amide bonds. The zero-order valence-corrected chi connectivity index (χ0v) is 13.8. The van der Waals surface area contributed by atoms with Crippen molar-refractivity contribution in [1.82, 2.24) is 10.3 Å². The van der Waals surface area contributed by atoms with Gasteiger partial charge in [-0.2, -0.15) is 0 Å². The number of hydrogen-bond donors (Lipinski definition) is 1. The van der Waals surface area contributed by atoms with E-state index in [1.807, 2.05) is 51.1 Å². The molecule has 1 aromatic carbocycles. The Balaban J connectivity index is 1.89. The molecule has 120 valence electrons. The molecular weight excluding hydrogens is 288 g/mol. The summed E-state index contributed by atoms with van der Waals surface area (Å²) in [5.41, 5.74) is 3.70. The monoisotopic (exact) mass is 310 g/mol. The molecule has 0 radical (unpaired) electrons. The molecule has 0 fully saturated rings. The van der Waals surface area contributed by atoms with E-state index in [0.29, 0.717) is 5.56 Å². The van der Waals surface area contributed by atoms with Crippen molar-refractivity contribution in [3.05, 3.63) is 65.0 Å². The molecule has 1 atom stereocenters. The Morgan fingerprint density at radius 1 is 1.09 bits per heavy atom. The van der Waals surface area contributed by atoms with Crippen LogP contribution in [0.2, 0.25) is 0 Å². The SMILES string of the molecule is Cc1ccc(C)c(C(=O)CCC(=O)NC(C)c2ccncc2)c1. The second kappa shape index (κ2) is 7.68. The van der Waals surface area contributed by atoms with E-state index in [-0.39, 0.29) is 30.6 Å². The zero-order chi connectivity index (χ0) is 16.8. The van der Waals surface area contributed by atoms with Crippen LogP contribution in [-0.4, -0.2) is 16.7 Å². The number of ketones is 1. The number of rotatable bonds is 6. The van der Waals surface area contributed by atoms with Crippen molar-refractivity contribution in [2.45, 2.75) is 39.7 Å². The normalized spacial score (nSPS) is 11.8. The number of amides is 1. The van der Waals surface area contributed by atoms with Gasteiger partial charge in [0.25, 0.3) is 0 Å². The molecule has 1 heterocycles. The highest BCUT2D eigenvalue weighted by molar-refractivity contribution is 5.99. The quantitative estimate of drug-likeness (QED) is 0.830. The van der Waals surface area contributed by atoms with Crippen LogP contribution in [0.25, 0.3) is 0 Å². The second-order valence-electron chi connectivity index (χ2n) is 5.81. The van der Waals surface area contributed by atoms with Gasteiger partial charge in [0.15, 0.2) is 5.78 Å². The predicted octanol–water partition coefficient (Wildman–Crippen LogP) is 3.54. The topological polar surface area (TPSA) is 59.1 Å². The summed E-state index contributed by atoms with van der Waals surface area (Å²) in [6.45, 7) is 5.79. The maximum absolute atomic E-state index is 12.3. The van der Waals surface area contributed by atoms with Crippen LogP contribution < -0.4 is 5.32 Å². The van der Waals surface area contributed by atoms with E-state index < -0.39 is 0 Å². The van der Waals surface area contributed by atoms with Crippen molar-refractivity contribution < 1.29 is 9.59 Å². The Morgan fingerprint density at radius 3 is 2.48 bits per heavy atom. The van der Waals surface area contributed by atoms with Gasteiger partial charge in [-0.25, -0.2) is 0 Å². The average molecular weight is 310 g/mol. The summed E-state index contributed by atoms with van der Waals surface area (Å²) >= 11 is 0. The minimum atomic E-state index is -0.118. The lowest BCUT2D eigenvalue weighted by molar-refractivity contribution is -0.121. The zero-order valence-electron chi connectivity index (χ0n) is 13.8. The number of carbonyl (C=O) groups is 2. The summed E-state index contributed by atoms with van der Waals surface area (Å²) in [5, 5.41) is 2.91. The van der Waals surface area contributed by atoms with Crippen molar-refractivity contribution in [2.24, 2.45) is 0 Å². The first-order chi connectivity index (χ1) is 11.0. The summed E-state index contributed by atoms with van der Waals surface area (Å²) < 4.78 is 0. The lowest BCUT2D eigenvalue weighted by Gasteiger charge is -2.14.